The summed E-state index contributed by atoms with van der Waals surface area (Å²) in [7, 11) is 0. The molecule has 0 bridgehead atoms. The van der Waals surface area contributed by atoms with Crippen LogP contribution >= 0.6 is 11.3 Å². The maximum absolute atomic E-state index is 10.8. The number of rotatable bonds is 4. The molecule has 2 unspecified atom stereocenters. The topological polar surface area (TPSA) is 59.1 Å². The van der Waals surface area contributed by atoms with Gasteiger partial charge in [0.15, 0.2) is 0 Å². The van der Waals surface area contributed by atoms with Gasteiger partial charge < -0.3 is 10.8 Å². The van der Waals surface area contributed by atoms with Gasteiger partial charge in [0.2, 0.25) is 0 Å². The van der Waals surface area contributed by atoms with E-state index in [1.165, 1.54) is 11.3 Å². The number of nitrogens with zero attached hydrogens (tertiary/aromatic N) is 1. The van der Waals surface area contributed by atoms with Gasteiger partial charge in [0.25, 0.3) is 0 Å². The summed E-state index contributed by atoms with van der Waals surface area (Å²) < 4.78 is 0. The molecule has 2 rings (SSSR count). The molecule has 3 nitrogen and oxygen atoms in total. The van der Waals surface area contributed by atoms with E-state index in [1.807, 2.05) is 5.51 Å². The van der Waals surface area contributed by atoms with Crippen LogP contribution in [0.1, 0.15) is 50.1 Å². The van der Waals surface area contributed by atoms with Gasteiger partial charge in [-0.25, -0.2) is 4.98 Å². The van der Waals surface area contributed by atoms with Crippen molar-refractivity contribution >= 4 is 11.3 Å². The standard InChI is InChI=1S/C15H26N2OS/c1-11-12(19-10-17-11)5-8-15(9-16)7-4-6-14(2,3)13(15)18/h10,13,18H,4-9,16H2,1-3H3. The first-order valence-corrected chi connectivity index (χ1v) is 8.06. The van der Waals surface area contributed by atoms with Gasteiger partial charge in [0.1, 0.15) is 0 Å². The van der Waals surface area contributed by atoms with Crippen LogP contribution in [0, 0.1) is 17.8 Å². The van der Waals surface area contributed by atoms with Crippen LogP contribution in [0.3, 0.4) is 0 Å². The summed E-state index contributed by atoms with van der Waals surface area (Å²) in [4.78, 5) is 5.64. The Morgan fingerprint density at radius 1 is 1.47 bits per heavy atom. The predicted octanol–water partition coefficient (Wildman–Crippen LogP) is 2.90. The van der Waals surface area contributed by atoms with Crippen molar-refractivity contribution in [2.75, 3.05) is 6.54 Å². The summed E-state index contributed by atoms with van der Waals surface area (Å²) in [6.07, 6.45) is 4.97. The Balaban J connectivity index is 2.12. The number of thiazole rings is 1. The van der Waals surface area contributed by atoms with Crippen LogP contribution in [0.2, 0.25) is 0 Å². The zero-order valence-electron chi connectivity index (χ0n) is 12.3. The van der Waals surface area contributed by atoms with E-state index in [0.717, 1.165) is 31.4 Å². The lowest BCUT2D eigenvalue weighted by Crippen LogP contribution is -2.52. The Bertz CT molecular complexity index is 430. The largest absolute Gasteiger partial charge is 0.392 e. The Morgan fingerprint density at radius 3 is 2.79 bits per heavy atom. The van der Waals surface area contributed by atoms with Gasteiger partial charge in [-0.15, -0.1) is 11.3 Å². The second-order valence-corrected chi connectivity index (χ2v) is 7.61. The molecule has 1 aliphatic carbocycles. The normalized spacial score (nSPS) is 30.5. The molecule has 0 saturated heterocycles. The van der Waals surface area contributed by atoms with Gasteiger partial charge in [0.05, 0.1) is 17.3 Å². The smallest absolute Gasteiger partial charge is 0.0797 e. The third-order valence-corrected chi connectivity index (χ3v) is 5.91. The molecule has 0 spiro atoms. The molecule has 0 aliphatic heterocycles. The molecule has 1 heterocycles. The van der Waals surface area contributed by atoms with Crippen molar-refractivity contribution in [2.45, 2.75) is 59.0 Å². The predicted molar refractivity (Wildman–Crippen MR) is 80.3 cm³/mol. The van der Waals surface area contributed by atoms with Crippen molar-refractivity contribution in [3.63, 3.8) is 0 Å². The summed E-state index contributed by atoms with van der Waals surface area (Å²) in [5.41, 5.74) is 8.96. The SMILES string of the molecule is Cc1ncsc1CCC1(CN)CCCC(C)(C)C1O. The molecule has 3 N–H and O–H groups in total. The van der Waals surface area contributed by atoms with E-state index in [0.29, 0.717) is 6.54 Å². The molecule has 19 heavy (non-hydrogen) atoms. The molecule has 2 atom stereocenters. The van der Waals surface area contributed by atoms with E-state index in [1.54, 1.807) is 11.3 Å². The second kappa shape index (κ2) is 5.51. The minimum absolute atomic E-state index is 0.0135. The van der Waals surface area contributed by atoms with Crippen molar-refractivity contribution in [1.82, 2.24) is 4.98 Å². The fraction of sp³-hybridized carbons (Fsp3) is 0.800. The molecule has 1 saturated carbocycles. The van der Waals surface area contributed by atoms with E-state index >= 15 is 0 Å². The number of nitrogens with two attached hydrogens (primary N) is 1. The van der Waals surface area contributed by atoms with Crippen LogP contribution in [0.15, 0.2) is 5.51 Å². The van der Waals surface area contributed by atoms with Crippen LogP contribution in [0.4, 0.5) is 0 Å². The van der Waals surface area contributed by atoms with Crippen LogP contribution in [-0.2, 0) is 6.42 Å². The van der Waals surface area contributed by atoms with Crippen LogP contribution < -0.4 is 5.73 Å². The lowest BCUT2D eigenvalue weighted by Gasteiger charge is -2.49. The summed E-state index contributed by atoms with van der Waals surface area (Å²) >= 11 is 1.71. The minimum atomic E-state index is -0.299. The average Bonchev–Trinajstić information content (AvgIpc) is 2.77. The zero-order valence-corrected chi connectivity index (χ0v) is 13.1. The average molecular weight is 282 g/mol. The summed E-state index contributed by atoms with van der Waals surface area (Å²) in [5.74, 6) is 0. The molecule has 1 aliphatic rings. The Kier molecular flexibility index (Phi) is 4.33. The number of aliphatic hydroxyl groups is 1. The highest BCUT2D eigenvalue weighted by Gasteiger charge is 2.47. The first-order chi connectivity index (χ1) is 8.91. The van der Waals surface area contributed by atoms with Gasteiger partial charge in [0, 0.05) is 16.8 Å². The Hall–Kier alpha value is -0.450. The summed E-state index contributed by atoms with van der Waals surface area (Å²) in [6, 6.07) is 0. The fourth-order valence-corrected chi connectivity index (χ4v) is 4.29. The fourth-order valence-electron chi connectivity index (χ4n) is 3.50. The van der Waals surface area contributed by atoms with Gasteiger partial charge in [-0.2, -0.15) is 0 Å². The molecular weight excluding hydrogens is 256 g/mol. The maximum atomic E-state index is 10.8. The van der Waals surface area contributed by atoms with Gasteiger partial charge in [-0.05, 0) is 38.0 Å². The molecule has 1 aromatic rings. The quantitative estimate of drug-likeness (QED) is 0.892. The highest BCUT2D eigenvalue weighted by atomic mass is 32.1. The number of hydrogen-bond acceptors (Lipinski definition) is 4. The highest BCUT2D eigenvalue weighted by Crippen LogP contribution is 2.48. The molecule has 1 fully saturated rings. The zero-order chi connectivity index (χ0) is 14.1. The molecule has 4 heteroatoms. The van der Waals surface area contributed by atoms with Crippen LogP contribution in [0.5, 0.6) is 0 Å². The van der Waals surface area contributed by atoms with E-state index < -0.39 is 0 Å². The van der Waals surface area contributed by atoms with Crippen LogP contribution in [-0.4, -0.2) is 22.7 Å². The number of hydrogen-bond donors (Lipinski definition) is 2. The molecular formula is C15H26N2OS. The first-order valence-electron chi connectivity index (χ1n) is 7.18. The van der Waals surface area contributed by atoms with Crippen molar-refractivity contribution in [1.29, 1.82) is 0 Å². The number of aryl methyl sites for hydroxylation is 2. The molecule has 1 aromatic heterocycles. The number of aliphatic hydroxyl groups excluding tert-OH is 1. The second-order valence-electron chi connectivity index (χ2n) is 6.67. The summed E-state index contributed by atoms with van der Waals surface area (Å²) in [5, 5.41) is 10.8. The van der Waals surface area contributed by atoms with Crippen molar-refractivity contribution in [2.24, 2.45) is 16.6 Å². The van der Waals surface area contributed by atoms with Crippen molar-refractivity contribution < 1.29 is 5.11 Å². The Morgan fingerprint density at radius 2 is 2.21 bits per heavy atom. The molecule has 0 aromatic carbocycles. The first kappa shape index (κ1) is 14.9. The van der Waals surface area contributed by atoms with Gasteiger partial charge >= 0.3 is 0 Å². The van der Waals surface area contributed by atoms with Crippen molar-refractivity contribution in [3.8, 4) is 0 Å². The minimum Gasteiger partial charge on any atom is -0.392 e. The van der Waals surface area contributed by atoms with Crippen LogP contribution in [0.25, 0.3) is 0 Å². The molecule has 0 radical (unpaired) electrons. The molecule has 108 valence electrons. The van der Waals surface area contributed by atoms with E-state index in [4.69, 9.17) is 5.73 Å². The highest BCUT2D eigenvalue weighted by molar-refractivity contribution is 7.09. The monoisotopic (exact) mass is 282 g/mol. The summed E-state index contributed by atoms with van der Waals surface area (Å²) in [6.45, 7) is 6.97. The Labute approximate surface area is 120 Å². The van der Waals surface area contributed by atoms with E-state index in [-0.39, 0.29) is 16.9 Å². The van der Waals surface area contributed by atoms with E-state index in [2.05, 4.69) is 25.8 Å². The van der Waals surface area contributed by atoms with Crippen molar-refractivity contribution in [3.05, 3.63) is 16.1 Å². The van der Waals surface area contributed by atoms with E-state index in [9.17, 15) is 5.11 Å². The third-order valence-electron chi connectivity index (χ3n) is 4.92. The maximum Gasteiger partial charge on any atom is 0.0797 e. The lowest BCUT2D eigenvalue weighted by atomic mass is 9.59. The molecule has 0 amide bonds. The third kappa shape index (κ3) is 2.86. The van der Waals surface area contributed by atoms with Gasteiger partial charge in [-0.1, -0.05) is 20.3 Å². The lowest BCUT2D eigenvalue weighted by molar-refractivity contribution is -0.0922. The number of aromatic nitrogens is 1. The van der Waals surface area contributed by atoms with Gasteiger partial charge in [-0.3, -0.25) is 0 Å².